The van der Waals surface area contributed by atoms with E-state index in [0.29, 0.717) is 12.2 Å². The zero-order valence-corrected chi connectivity index (χ0v) is 20.1. The molecule has 1 heterocycles. The van der Waals surface area contributed by atoms with Gasteiger partial charge in [0.25, 0.3) is 0 Å². The minimum Gasteiger partial charge on any atom is -0.496 e. The fourth-order valence-electron chi connectivity index (χ4n) is 4.33. The van der Waals surface area contributed by atoms with Crippen molar-refractivity contribution in [2.45, 2.75) is 38.1 Å². The summed E-state index contributed by atoms with van der Waals surface area (Å²) in [5, 5.41) is 2.76. The van der Waals surface area contributed by atoms with E-state index in [1.54, 1.807) is 6.07 Å². The molecule has 3 N–H and O–H groups in total. The van der Waals surface area contributed by atoms with Gasteiger partial charge in [-0.3, -0.25) is 14.5 Å². The molecule has 186 valence electrons. The van der Waals surface area contributed by atoms with Crippen molar-refractivity contribution in [2.75, 3.05) is 7.11 Å². The maximum Gasteiger partial charge on any atom is 0.411 e. The molecular weight excluding hydrogens is 458 g/mol. The number of rotatable bonds is 8. The molecule has 8 heteroatoms. The number of methoxy groups -OCH3 is 1. The molecule has 1 aliphatic rings. The fourth-order valence-corrected chi connectivity index (χ4v) is 4.33. The Hall–Kier alpha value is -4.33. The second kappa shape index (κ2) is 11.4. The molecule has 3 aromatic carbocycles. The summed E-state index contributed by atoms with van der Waals surface area (Å²) in [6.07, 6.45) is -0.149. The number of fused-ring (bicyclic) bond motifs is 1. The molecule has 0 aromatic heterocycles. The van der Waals surface area contributed by atoms with Crippen LogP contribution in [0.15, 0.2) is 78.9 Å². The number of carbonyl (C=O) groups excluding carboxylic acids is 3. The number of primary amides is 1. The Balaban J connectivity index is 1.53. The number of nitrogens with one attached hydrogen (secondary N) is 1. The molecule has 0 saturated heterocycles. The SMILES string of the molecule is COc1ccccc1C[C@H](NC(=O)[C@@H]1Cc2ccccc2CN1C(=O)OCc1ccccc1)C(N)=O. The molecule has 0 radical (unpaired) electrons. The highest BCUT2D eigenvalue weighted by molar-refractivity contribution is 5.91. The van der Waals surface area contributed by atoms with Gasteiger partial charge in [0.15, 0.2) is 0 Å². The number of nitrogens with two attached hydrogens (primary N) is 1. The van der Waals surface area contributed by atoms with Crippen molar-refractivity contribution in [3.63, 3.8) is 0 Å². The molecule has 0 unspecified atom stereocenters. The van der Waals surface area contributed by atoms with Crippen molar-refractivity contribution < 1.29 is 23.9 Å². The Morgan fingerprint density at radius 3 is 2.36 bits per heavy atom. The first-order valence-electron chi connectivity index (χ1n) is 11.7. The molecule has 3 aromatic rings. The van der Waals surface area contributed by atoms with Gasteiger partial charge >= 0.3 is 6.09 Å². The number of carbonyl (C=O) groups is 3. The predicted molar refractivity (Wildman–Crippen MR) is 134 cm³/mol. The largest absolute Gasteiger partial charge is 0.496 e. The van der Waals surface area contributed by atoms with Crippen LogP contribution in [0.2, 0.25) is 0 Å². The topological polar surface area (TPSA) is 111 Å². The van der Waals surface area contributed by atoms with Crippen molar-refractivity contribution in [3.8, 4) is 5.75 Å². The van der Waals surface area contributed by atoms with Crippen LogP contribution >= 0.6 is 0 Å². The van der Waals surface area contributed by atoms with Gasteiger partial charge in [-0.05, 0) is 28.3 Å². The van der Waals surface area contributed by atoms with E-state index < -0.39 is 30.0 Å². The second-order valence-electron chi connectivity index (χ2n) is 8.64. The Kier molecular flexibility index (Phi) is 7.85. The molecule has 36 heavy (non-hydrogen) atoms. The summed E-state index contributed by atoms with van der Waals surface area (Å²) in [5.74, 6) is -0.556. The van der Waals surface area contributed by atoms with E-state index in [0.717, 1.165) is 22.3 Å². The molecule has 1 aliphatic heterocycles. The van der Waals surface area contributed by atoms with Crippen LogP contribution in [0.5, 0.6) is 5.75 Å². The summed E-state index contributed by atoms with van der Waals surface area (Å²) in [6.45, 7) is 0.305. The van der Waals surface area contributed by atoms with Crippen LogP contribution in [0.3, 0.4) is 0 Å². The van der Waals surface area contributed by atoms with Gasteiger partial charge in [0.1, 0.15) is 24.4 Å². The van der Waals surface area contributed by atoms with Crippen LogP contribution < -0.4 is 15.8 Å². The molecule has 4 rings (SSSR count). The number of nitrogens with zero attached hydrogens (tertiary/aromatic N) is 1. The van der Waals surface area contributed by atoms with E-state index in [-0.39, 0.29) is 19.6 Å². The van der Waals surface area contributed by atoms with Gasteiger partial charge in [0.05, 0.1) is 13.7 Å². The molecule has 0 aliphatic carbocycles. The van der Waals surface area contributed by atoms with Crippen LogP contribution in [-0.4, -0.2) is 42.0 Å². The third-order valence-electron chi connectivity index (χ3n) is 6.27. The molecule has 3 amide bonds. The monoisotopic (exact) mass is 487 g/mol. The van der Waals surface area contributed by atoms with Gasteiger partial charge in [0.2, 0.25) is 11.8 Å². The summed E-state index contributed by atoms with van der Waals surface area (Å²) in [6, 6.07) is 22.4. The quantitative estimate of drug-likeness (QED) is 0.508. The van der Waals surface area contributed by atoms with Gasteiger partial charge < -0.3 is 20.5 Å². The average Bonchev–Trinajstić information content (AvgIpc) is 2.91. The van der Waals surface area contributed by atoms with Crippen molar-refractivity contribution in [1.82, 2.24) is 10.2 Å². The van der Waals surface area contributed by atoms with E-state index in [1.807, 2.05) is 72.8 Å². The number of para-hydroxylation sites is 1. The van der Waals surface area contributed by atoms with Gasteiger partial charge in [-0.15, -0.1) is 0 Å². The molecule has 8 nitrogen and oxygen atoms in total. The highest BCUT2D eigenvalue weighted by atomic mass is 16.6. The lowest BCUT2D eigenvalue weighted by Crippen LogP contribution is -2.56. The fraction of sp³-hybridized carbons (Fsp3) is 0.250. The van der Waals surface area contributed by atoms with Gasteiger partial charge in [-0.25, -0.2) is 4.79 Å². The number of amides is 3. The van der Waals surface area contributed by atoms with Crippen molar-refractivity contribution >= 4 is 17.9 Å². The Morgan fingerprint density at radius 1 is 0.972 bits per heavy atom. The number of hydrogen-bond donors (Lipinski definition) is 2. The zero-order chi connectivity index (χ0) is 25.5. The maximum absolute atomic E-state index is 13.5. The van der Waals surface area contributed by atoms with E-state index in [9.17, 15) is 14.4 Å². The lowest BCUT2D eigenvalue weighted by molar-refractivity contribution is -0.131. The first-order chi connectivity index (χ1) is 17.5. The summed E-state index contributed by atoms with van der Waals surface area (Å²) >= 11 is 0. The molecule has 0 bridgehead atoms. The van der Waals surface area contributed by atoms with Crippen LogP contribution in [-0.2, 0) is 40.3 Å². The summed E-state index contributed by atoms with van der Waals surface area (Å²) in [7, 11) is 1.54. The standard InChI is InChI=1S/C28H29N3O5/c1-35-25-14-8-7-12-21(25)15-23(26(29)32)30-27(33)24-16-20-11-5-6-13-22(20)17-31(24)28(34)36-18-19-9-3-2-4-10-19/h2-14,23-24H,15-18H2,1H3,(H2,29,32)(H,30,33)/t23-,24-/m0/s1. The van der Waals surface area contributed by atoms with Crippen molar-refractivity contribution in [3.05, 3.63) is 101 Å². The average molecular weight is 488 g/mol. The first-order valence-corrected chi connectivity index (χ1v) is 11.7. The second-order valence-corrected chi connectivity index (χ2v) is 8.64. The Bertz CT molecular complexity index is 1230. The summed E-state index contributed by atoms with van der Waals surface area (Å²) < 4.78 is 10.9. The van der Waals surface area contributed by atoms with Crippen LogP contribution in [0.4, 0.5) is 4.79 Å². The van der Waals surface area contributed by atoms with Gasteiger partial charge in [-0.1, -0.05) is 72.8 Å². The van der Waals surface area contributed by atoms with Gasteiger partial charge in [0, 0.05) is 12.8 Å². The van der Waals surface area contributed by atoms with E-state index >= 15 is 0 Å². The maximum atomic E-state index is 13.5. The first kappa shape index (κ1) is 24.8. The smallest absolute Gasteiger partial charge is 0.411 e. The predicted octanol–water partition coefficient (Wildman–Crippen LogP) is 2.97. The lowest BCUT2D eigenvalue weighted by atomic mass is 9.93. The van der Waals surface area contributed by atoms with Crippen molar-refractivity contribution in [1.29, 1.82) is 0 Å². The van der Waals surface area contributed by atoms with Gasteiger partial charge in [-0.2, -0.15) is 0 Å². The number of benzene rings is 3. The van der Waals surface area contributed by atoms with E-state index in [1.165, 1.54) is 12.0 Å². The molecule has 0 fully saturated rings. The van der Waals surface area contributed by atoms with Crippen LogP contribution in [0, 0.1) is 0 Å². The van der Waals surface area contributed by atoms with Crippen LogP contribution in [0.25, 0.3) is 0 Å². The summed E-state index contributed by atoms with van der Waals surface area (Å²) in [5.41, 5.74) is 9.12. The van der Waals surface area contributed by atoms with Crippen molar-refractivity contribution in [2.24, 2.45) is 5.73 Å². The zero-order valence-electron chi connectivity index (χ0n) is 20.1. The highest BCUT2D eigenvalue weighted by Crippen LogP contribution is 2.25. The van der Waals surface area contributed by atoms with Crippen LogP contribution in [0.1, 0.15) is 22.3 Å². The minimum atomic E-state index is -0.979. The summed E-state index contributed by atoms with van der Waals surface area (Å²) in [4.78, 5) is 40.2. The molecule has 0 saturated carbocycles. The lowest BCUT2D eigenvalue weighted by Gasteiger charge is -2.35. The molecule has 0 spiro atoms. The molecular formula is C28H29N3O5. The normalized spacial score (nSPS) is 15.4. The third-order valence-corrected chi connectivity index (χ3v) is 6.27. The highest BCUT2D eigenvalue weighted by Gasteiger charge is 2.37. The molecule has 2 atom stereocenters. The minimum absolute atomic E-state index is 0.0872. The van der Waals surface area contributed by atoms with E-state index in [2.05, 4.69) is 5.32 Å². The Labute approximate surface area is 210 Å². The van der Waals surface area contributed by atoms with E-state index in [4.69, 9.17) is 15.2 Å². The third kappa shape index (κ3) is 5.83. The number of ether oxygens (including phenoxy) is 2. The Morgan fingerprint density at radius 2 is 1.64 bits per heavy atom. The number of hydrogen-bond acceptors (Lipinski definition) is 5.